The average Bonchev–Trinajstić information content (AvgIpc) is 3.04. The lowest BCUT2D eigenvalue weighted by Gasteiger charge is -2.22. The van der Waals surface area contributed by atoms with E-state index in [1.165, 1.54) is 5.56 Å². The van der Waals surface area contributed by atoms with Crippen LogP contribution in [-0.2, 0) is 16.6 Å². The van der Waals surface area contributed by atoms with Crippen molar-refractivity contribution < 1.29 is 9.53 Å². The fraction of sp³-hybridized carbons (Fsp3) is 0.765. The van der Waals surface area contributed by atoms with Crippen LogP contribution < -0.4 is 11.1 Å². The molecule has 3 atom stereocenters. The number of ether oxygens (including phenoxy) is 1. The first kappa shape index (κ1) is 17.9. The molecule has 0 bridgehead atoms. The van der Waals surface area contributed by atoms with Gasteiger partial charge in [0, 0.05) is 37.4 Å². The van der Waals surface area contributed by atoms with Gasteiger partial charge in [-0.15, -0.1) is 0 Å². The molecule has 0 aliphatic carbocycles. The van der Waals surface area contributed by atoms with Gasteiger partial charge in [0.1, 0.15) is 0 Å². The Labute approximate surface area is 138 Å². The van der Waals surface area contributed by atoms with E-state index < -0.39 is 0 Å². The van der Waals surface area contributed by atoms with Gasteiger partial charge in [-0.05, 0) is 26.7 Å². The van der Waals surface area contributed by atoms with Crippen LogP contribution in [0.25, 0.3) is 0 Å². The molecule has 6 heteroatoms. The van der Waals surface area contributed by atoms with Crippen LogP contribution in [0.5, 0.6) is 0 Å². The summed E-state index contributed by atoms with van der Waals surface area (Å²) in [5, 5.41) is 7.86. The van der Waals surface area contributed by atoms with E-state index >= 15 is 0 Å². The number of carbonyl (C=O) groups is 1. The molecule has 6 nitrogen and oxygen atoms in total. The van der Waals surface area contributed by atoms with Crippen molar-refractivity contribution in [1.82, 2.24) is 15.1 Å². The molecular weight excluding hydrogens is 292 g/mol. The van der Waals surface area contributed by atoms with E-state index in [4.69, 9.17) is 10.5 Å². The average molecular weight is 322 g/mol. The number of nitrogens with one attached hydrogen (secondary N) is 1. The minimum Gasteiger partial charge on any atom is -0.373 e. The highest BCUT2D eigenvalue weighted by Gasteiger charge is 2.34. The first-order valence-corrected chi connectivity index (χ1v) is 8.60. The molecule has 1 aromatic rings. The number of aryl methyl sites for hydroxylation is 2. The number of rotatable bonds is 8. The Morgan fingerprint density at radius 2 is 2.26 bits per heavy atom. The second-order valence-corrected chi connectivity index (χ2v) is 6.55. The summed E-state index contributed by atoms with van der Waals surface area (Å²) in [4.78, 5) is 11.6. The Morgan fingerprint density at radius 3 is 2.83 bits per heavy atom. The van der Waals surface area contributed by atoms with Crippen LogP contribution in [0.4, 0.5) is 0 Å². The Balaban J connectivity index is 2.03. The fourth-order valence-electron chi connectivity index (χ4n) is 3.41. The van der Waals surface area contributed by atoms with Crippen LogP contribution in [0.3, 0.4) is 0 Å². The lowest BCUT2D eigenvalue weighted by Crippen LogP contribution is -2.43. The molecule has 2 rings (SSSR count). The summed E-state index contributed by atoms with van der Waals surface area (Å²) < 4.78 is 7.90. The molecule has 0 aromatic carbocycles. The lowest BCUT2D eigenvalue weighted by molar-refractivity contribution is -0.120. The molecule has 1 saturated heterocycles. The standard InChI is InChI=1S/C17H30N4O2/c1-5-6-7-14(17(18)22)19-10-13-8-9-23-16(13)15-11(2)20-21(4)12(15)3/h13-14,16,19H,5-10H2,1-4H3,(H2,18,22)/t13-,14+,16+/m1/s1. The van der Waals surface area contributed by atoms with Crippen molar-refractivity contribution in [2.24, 2.45) is 18.7 Å². The van der Waals surface area contributed by atoms with Crippen LogP contribution in [0.15, 0.2) is 0 Å². The number of hydrogen-bond donors (Lipinski definition) is 2. The van der Waals surface area contributed by atoms with Crippen LogP contribution in [0, 0.1) is 19.8 Å². The van der Waals surface area contributed by atoms with Gasteiger partial charge in [0.2, 0.25) is 5.91 Å². The summed E-state index contributed by atoms with van der Waals surface area (Å²) in [5.74, 6) is 0.0859. The molecule has 1 aromatic heterocycles. The smallest absolute Gasteiger partial charge is 0.234 e. The van der Waals surface area contributed by atoms with Gasteiger partial charge in [-0.3, -0.25) is 9.48 Å². The van der Waals surface area contributed by atoms with Crippen LogP contribution in [0.2, 0.25) is 0 Å². The maximum Gasteiger partial charge on any atom is 0.234 e. The predicted molar refractivity (Wildman–Crippen MR) is 90.0 cm³/mol. The van der Waals surface area contributed by atoms with Crippen LogP contribution >= 0.6 is 0 Å². The van der Waals surface area contributed by atoms with Crippen LogP contribution in [-0.4, -0.2) is 34.9 Å². The first-order valence-electron chi connectivity index (χ1n) is 8.60. The zero-order valence-electron chi connectivity index (χ0n) is 14.8. The zero-order valence-corrected chi connectivity index (χ0v) is 14.8. The zero-order chi connectivity index (χ0) is 17.0. The third-order valence-electron chi connectivity index (χ3n) is 4.88. The van der Waals surface area contributed by atoms with E-state index in [2.05, 4.69) is 24.3 Å². The van der Waals surface area contributed by atoms with Crippen molar-refractivity contribution in [2.45, 2.75) is 58.6 Å². The van der Waals surface area contributed by atoms with Gasteiger partial charge in [0.25, 0.3) is 0 Å². The second-order valence-electron chi connectivity index (χ2n) is 6.55. The lowest BCUT2D eigenvalue weighted by atomic mass is 9.93. The molecule has 2 heterocycles. The molecule has 0 radical (unpaired) electrons. The highest BCUT2D eigenvalue weighted by atomic mass is 16.5. The second kappa shape index (κ2) is 7.93. The molecule has 1 fully saturated rings. The normalized spacial score (nSPS) is 22.4. The summed E-state index contributed by atoms with van der Waals surface area (Å²) in [6.07, 6.45) is 3.91. The maximum atomic E-state index is 11.6. The van der Waals surface area contributed by atoms with Gasteiger partial charge in [-0.1, -0.05) is 19.8 Å². The van der Waals surface area contributed by atoms with Gasteiger partial charge < -0.3 is 15.8 Å². The quantitative estimate of drug-likeness (QED) is 0.764. The molecule has 1 aliphatic heterocycles. The Bertz CT molecular complexity index is 541. The van der Waals surface area contributed by atoms with Crippen molar-refractivity contribution in [3.8, 4) is 0 Å². The van der Waals surface area contributed by atoms with E-state index in [9.17, 15) is 4.79 Å². The largest absolute Gasteiger partial charge is 0.373 e. The van der Waals surface area contributed by atoms with Gasteiger partial charge in [-0.2, -0.15) is 5.10 Å². The number of carbonyl (C=O) groups excluding carboxylic acids is 1. The Morgan fingerprint density at radius 1 is 1.52 bits per heavy atom. The van der Waals surface area contributed by atoms with E-state index in [1.807, 2.05) is 18.7 Å². The van der Waals surface area contributed by atoms with Crippen molar-refractivity contribution in [2.75, 3.05) is 13.2 Å². The van der Waals surface area contributed by atoms with E-state index in [1.54, 1.807) is 0 Å². The van der Waals surface area contributed by atoms with Crippen molar-refractivity contribution in [3.05, 3.63) is 17.0 Å². The van der Waals surface area contributed by atoms with E-state index in [-0.39, 0.29) is 18.1 Å². The summed E-state index contributed by atoms with van der Waals surface area (Å²) in [6.45, 7) is 7.72. The molecule has 130 valence electrons. The highest BCUT2D eigenvalue weighted by Crippen LogP contribution is 2.37. The Kier molecular flexibility index (Phi) is 6.18. The minimum atomic E-state index is -0.261. The van der Waals surface area contributed by atoms with Gasteiger partial charge in [0.05, 0.1) is 17.8 Å². The summed E-state index contributed by atoms with van der Waals surface area (Å²) in [7, 11) is 1.96. The first-order chi connectivity index (χ1) is 11.0. The van der Waals surface area contributed by atoms with E-state index in [0.29, 0.717) is 5.92 Å². The Hall–Kier alpha value is -1.40. The van der Waals surface area contributed by atoms with Crippen molar-refractivity contribution >= 4 is 5.91 Å². The van der Waals surface area contributed by atoms with E-state index in [0.717, 1.165) is 50.2 Å². The third-order valence-corrected chi connectivity index (χ3v) is 4.88. The number of unbranched alkanes of at least 4 members (excludes halogenated alkanes) is 1. The molecule has 3 N–H and O–H groups in total. The molecule has 0 unspecified atom stereocenters. The highest BCUT2D eigenvalue weighted by molar-refractivity contribution is 5.79. The summed E-state index contributed by atoms with van der Waals surface area (Å²) >= 11 is 0. The predicted octanol–water partition coefficient (Wildman–Crippen LogP) is 1.75. The molecule has 0 spiro atoms. The third kappa shape index (κ3) is 4.12. The molecule has 0 saturated carbocycles. The van der Waals surface area contributed by atoms with Gasteiger partial charge >= 0.3 is 0 Å². The monoisotopic (exact) mass is 322 g/mol. The topological polar surface area (TPSA) is 82.2 Å². The molecule has 23 heavy (non-hydrogen) atoms. The fourth-order valence-corrected chi connectivity index (χ4v) is 3.41. The number of aromatic nitrogens is 2. The molecular formula is C17H30N4O2. The number of nitrogens with two attached hydrogens (primary N) is 1. The number of primary amides is 1. The maximum absolute atomic E-state index is 11.6. The summed E-state index contributed by atoms with van der Waals surface area (Å²) in [5.41, 5.74) is 8.89. The van der Waals surface area contributed by atoms with Crippen LogP contribution in [0.1, 0.15) is 55.7 Å². The number of nitrogens with zero attached hydrogens (tertiary/aromatic N) is 2. The molecule has 1 aliphatic rings. The summed E-state index contributed by atoms with van der Waals surface area (Å²) in [6, 6.07) is -0.243. The number of amides is 1. The van der Waals surface area contributed by atoms with Crippen molar-refractivity contribution in [3.63, 3.8) is 0 Å². The van der Waals surface area contributed by atoms with Crippen molar-refractivity contribution in [1.29, 1.82) is 0 Å². The minimum absolute atomic E-state index is 0.0518. The van der Waals surface area contributed by atoms with Gasteiger partial charge in [0.15, 0.2) is 0 Å². The number of hydrogen-bond acceptors (Lipinski definition) is 4. The SMILES string of the molecule is CCCC[C@H](NC[C@H]1CCO[C@@H]1c1c(C)nn(C)c1C)C(N)=O. The molecule has 1 amide bonds. The van der Waals surface area contributed by atoms with Gasteiger partial charge in [-0.25, -0.2) is 0 Å².